The van der Waals surface area contributed by atoms with Crippen LogP contribution in [0.5, 0.6) is 0 Å². The van der Waals surface area contributed by atoms with Gasteiger partial charge in [0.1, 0.15) is 5.82 Å². The molecule has 2 fully saturated rings. The van der Waals surface area contributed by atoms with Crippen LogP contribution < -0.4 is 4.90 Å². The van der Waals surface area contributed by atoms with Crippen molar-refractivity contribution in [3.63, 3.8) is 0 Å². The van der Waals surface area contributed by atoms with E-state index in [1.165, 1.54) is 18.2 Å². The molecule has 0 saturated carbocycles. The van der Waals surface area contributed by atoms with Gasteiger partial charge in [0, 0.05) is 6.54 Å². The molecule has 2 saturated heterocycles. The normalized spacial score (nSPS) is 24.6. The third kappa shape index (κ3) is 3.56. The molecule has 25 heavy (non-hydrogen) atoms. The van der Waals surface area contributed by atoms with Crippen LogP contribution in [0.3, 0.4) is 0 Å². The Labute approximate surface area is 145 Å². The number of halogens is 1. The van der Waals surface area contributed by atoms with E-state index < -0.39 is 11.9 Å². The molecule has 0 aliphatic carbocycles. The molecule has 0 unspecified atom stereocenters. The summed E-state index contributed by atoms with van der Waals surface area (Å²) in [6, 6.07) is 4.85. The van der Waals surface area contributed by atoms with Gasteiger partial charge in [-0.05, 0) is 44.5 Å². The topological polar surface area (TPSA) is 66.9 Å². The summed E-state index contributed by atoms with van der Waals surface area (Å²) in [6.45, 7) is 3.13. The summed E-state index contributed by atoms with van der Waals surface area (Å²) in [6.07, 6.45) is 1.53. The molecule has 2 amide bonds. The number of amides is 2. The summed E-state index contributed by atoms with van der Waals surface area (Å²) < 4.78 is 18.5. The number of hydrogen-bond acceptors (Lipinski definition) is 5. The molecule has 1 aromatic carbocycles. The van der Waals surface area contributed by atoms with E-state index in [0.717, 1.165) is 17.7 Å². The van der Waals surface area contributed by atoms with Crippen molar-refractivity contribution in [2.45, 2.75) is 32.2 Å². The van der Waals surface area contributed by atoms with Crippen molar-refractivity contribution in [2.75, 3.05) is 24.6 Å². The number of carbonyl (C=O) groups is 3. The minimum atomic E-state index is -0.604. The lowest BCUT2D eigenvalue weighted by atomic mass is 9.96. The van der Waals surface area contributed by atoms with Crippen molar-refractivity contribution >= 4 is 23.5 Å². The number of benzene rings is 1. The van der Waals surface area contributed by atoms with Crippen molar-refractivity contribution in [2.24, 2.45) is 5.92 Å². The minimum absolute atomic E-state index is 0.0465. The molecule has 1 aromatic rings. The fourth-order valence-corrected chi connectivity index (χ4v) is 3.53. The first kappa shape index (κ1) is 17.5. The summed E-state index contributed by atoms with van der Waals surface area (Å²) in [5.74, 6) is -1.74. The maximum atomic E-state index is 13.4. The van der Waals surface area contributed by atoms with E-state index in [0.29, 0.717) is 19.7 Å². The van der Waals surface area contributed by atoms with Crippen molar-refractivity contribution in [1.82, 2.24) is 4.90 Å². The first-order chi connectivity index (χ1) is 12.0. The molecular weight excluding hydrogens is 327 g/mol. The van der Waals surface area contributed by atoms with Crippen LogP contribution in [0, 0.1) is 11.7 Å². The second kappa shape index (κ2) is 7.31. The number of ether oxygens (including phenoxy) is 1. The molecule has 0 aromatic heterocycles. The van der Waals surface area contributed by atoms with E-state index in [9.17, 15) is 18.8 Å². The second-order valence-electron chi connectivity index (χ2n) is 6.35. The number of imide groups is 1. The Balaban J connectivity index is 1.74. The standard InChI is InChI=1S/C18H21FN2O4/c1-2-25-18(24)12-5-4-8-20(11-12)15-10-16(22)21(17(15)23)14-7-3-6-13(19)9-14/h3,6-7,9,12,15H,2,4-5,8,10-11H2,1H3/t12-,15+/m1/s1. The lowest BCUT2D eigenvalue weighted by molar-refractivity contribution is -0.150. The highest BCUT2D eigenvalue weighted by atomic mass is 19.1. The van der Waals surface area contributed by atoms with Crippen LogP contribution >= 0.6 is 0 Å². The molecule has 2 heterocycles. The van der Waals surface area contributed by atoms with Gasteiger partial charge in [0.05, 0.1) is 30.7 Å². The van der Waals surface area contributed by atoms with Gasteiger partial charge < -0.3 is 4.74 Å². The molecule has 0 N–H and O–H groups in total. The van der Waals surface area contributed by atoms with Crippen molar-refractivity contribution in [1.29, 1.82) is 0 Å². The zero-order valence-electron chi connectivity index (χ0n) is 14.1. The van der Waals surface area contributed by atoms with Crippen LogP contribution in [0.25, 0.3) is 0 Å². The van der Waals surface area contributed by atoms with Crippen molar-refractivity contribution in [3.8, 4) is 0 Å². The zero-order chi connectivity index (χ0) is 18.0. The van der Waals surface area contributed by atoms with Crippen molar-refractivity contribution < 1.29 is 23.5 Å². The van der Waals surface area contributed by atoms with E-state index in [1.54, 1.807) is 13.0 Å². The van der Waals surface area contributed by atoms with Crippen LogP contribution in [0.4, 0.5) is 10.1 Å². The van der Waals surface area contributed by atoms with E-state index in [2.05, 4.69) is 0 Å². The average molecular weight is 348 g/mol. The Hall–Kier alpha value is -2.28. The van der Waals surface area contributed by atoms with Gasteiger partial charge in [-0.3, -0.25) is 19.3 Å². The fourth-order valence-electron chi connectivity index (χ4n) is 3.53. The molecule has 0 spiro atoms. The maximum absolute atomic E-state index is 13.4. The Bertz CT molecular complexity index is 693. The maximum Gasteiger partial charge on any atom is 0.310 e. The predicted molar refractivity (Wildman–Crippen MR) is 88.2 cm³/mol. The summed E-state index contributed by atoms with van der Waals surface area (Å²) in [5, 5.41) is 0. The fraction of sp³-hybridized carbons (Fsp3) is 0.500. The summed E-state index contributed by atoms with van der Waals surface area (Å²) in [4.78, 5) is 40.0. The van der Waals surface area contributed by atoms with Crippen LogP contribution in [0.15, 0.2) is 24.3 Å². The van der Waals surface area contributed by atoms with Gasteiger partial charge in [0.2, 0.25) is 5.91 Å². The minimum Gasteiger partial charge on any atom is -0.466 e. The molecular formula is C18H21FN2O4. The van der Waals surface area contributed by atoms with Crippen LogP contribution in [-0.4, -0.2) is 48.4 Å². The monoisotopic (exact) mass is 348 g/mol. The van der Waals surface area contributed by atoms with E-state index in [1.807, 2.05) is 4.90 Å². The van der Waals surface area contributed by atoms with Gasteiger partial charge >= 0.3 is 5.97 Å². The first-order valence-electron chi connectivity index (χ1n) is 8.54. The zero-order valence-corrected chi connectivity index (χ0v) is 14.1. The quantitative estimate of drug-likeness (QED) is 0.612. The van der Waals surface area contributed by atoms with Gasteiger partial charge in [0.15, 0.2) is 0 Å². The highest BCUT2D eigenvalue weighted by molar-refractivity contribution is 6.22. The van der Waals surface area contributed by atoms with E-state index in [4.69, 9.17) is 4.74 Å². The number of likely N-dealkylation sites (tertiary alicyclic amines) is 1. The third-order valence-corrected chi connectivity index (χ3v) is 4.70. The highest BCUT2D eigenvalue weighted by Crippen LogP contribution is 2.29. The first-order valence-corrected chi connectivity index (χ1v) is 8.54. The third-order valence-electron chi connectivity index (χ3n) is 4.70. The lowest BCUT2D eigenvalue weighted by Crippen LogP contribution is -2.48. The van der Waals surface area contributed by atoms with Gasteiger partial charge in [-0.2, -0.15) is 0 Å². The number of nitrogens with zero attached hydrogens (tertiary/aromatic N) is 2. The van der Waals surface area contributed by atoms with E-state index in [-0.39, 0.29) is 35.8 Å². The van der Waals surface area contributed by atoms with Gasteiger partial charge in [-0.1, -0.05) is 6.07 Å². The molecule has 2 aliphatic heterocycles. The summed E-state index contributed by atoms with van der Waals surface area (Å²) >= 11 is 0. The number of anilines is 1. The van der Waals surface area contributed by atoms with E-state index >= 15 is 0 Å². The number of esters is 1. The molecule has 134 valence electrons. The predicted octanol–water partition coefficient (Wildman–Crippen LogP) is 1.73. The smallest absolute Gasteiger partial charge is 0.310 e. The number of piperidine rings is 1. The van der Waals surface area contributed by atoms with Crippen LogP contribution in [-0.2, 0) is 19.1 Å². The molecule has 7 heteroatoms. The number of carbonyl (C=O) groups excluding carboxylic acids is 3. The Morgan fingerprint density at radius 1 is 1.36 bits per heavy atom. The summed E-state index contributed by atoms with van der Waals surface area (Å²) in [5.41, 5.74) is 0.247. The summed E-state index contributed by atoms with van der Waals surface area (Å²) in [7, 11) is 0. The molecule has 0 bridgehead atoms. The second-order valence-corrected chi connectivity index (χ2v) is 6.35. The molecule has 0 radical (unpaired) electrons. The van der Waals surface area contributed by atoms with Gasteiger partial charge in [-0.25, -0.2) is 9.29 Å². The lowest BCUT2D eigenvalue weighted by Gasteiger charge is -2.34. The number of rotatable bonds is 4. The SMILES string of the molecule is CCOC(=O)[C@@H]1CCCN([C@H]2CC(=O)N(c3cccc(F)c3)C2=O)C1. The molecule has 3 rings (SSSR count). The number of hydrogen-bond donors (Lipinski definition) is 0. The molecule has 2 aliphatic rings. The Kier molecular flexibility index (Phi) is 5.13. The van der Waals surface area contributed by atoms with Crippen LogP contribution in [0.2, 0.25) is 0 Å². The largest absolute Gasteiger partial charge is 0.466 e. The van der Waals surface area contributed by atoms with Crippen molar-refractivity contribution in [3.05, 3.63) is 30.1 Å². The Morgan fingerprint density at radius 3 is 2.88 bits per heavy atom. The average Bonchev–Trinajstić information content (AvgIpc) is 2.90. The molecule has 6 nitrogen and oxygen atoms in total. The molecule has 2 atom stereocenters. The van der Waals surface area contributed by atoms with Gasteiger partial charge in [-0.15, -0.1) is 0 Å². The van der Waals surface area contributed by atoms with Gasteiger partial charge in [0.25, 0.3) is 5.91 Å². The highest BCUT2D eigenvalue weighted by Gasteiger charge is 2.44. The Morgan fingerprint density at radius 2 is 2.16 bits per heavy atom. The van der Waals surface area contributed by atoms with Crippen LogP contribution in [0.1, 0.15) is 26.2 Å².